The van der Waals surface area contributed by atoms with Crippen LogP contribution in [0.4, 0.5) is 5.82 Å². The Balaban J connectivity index is 1.56. The average molecular weight is 292 g/mol. The summed E-state index contributed by atoms with van der Waals surface area (Å²) in [6.45, 7) is 8.64. The summed E-state index contributed by atoms with van der Waals surface area (Å²) in [4.78, 5) is 13.4. The zero-order valence-corrected chi connectivity index (χ0v) is 12.7. The molecule has 3 rings (SSSR count). The summed E-state index contributed by atoms with van der Waals surface area (Å²) < 4.78 is 10.9. The first-order valence-corrected chi connectivity index (χ1v) is 7.88. The van der Waals surface area contributed by atoms with E-state index in [1.54, 1.807) is 6.33 Å². The van der Waals surface area contributed by atoms with E-state index in [0.717, 1.165) is 45.2 Å². The van der Waals surface area contributed by atoms with Gasteiger partial charge in [0.25, 0.3) is 0 Å². The molecule has 2 aliphatic rings. The maximum atomic E-state index is 5.45. The van der Waals surface area contributed by atoms with Crippen molar-refractivity contribution in [1.82, 2.24) is 14.9 Å². The van der Waals surface area contributed by atoms with E-state index in [-0.39, 0.29) is 0 Å². The highest BCUT2D eigenvalue weighted by Crippen LogP contribution is 2.20. The molecule has 0 unspecified atom stereocenters. The molecule has 2 saturated heterocycles. The van der Waals surface area contributed by atoms with Crippen molar-refractivity contribution in [3.63, 3.8) is 0 Å². The first-order chi connectivity index (χ1) is 10.4. The van der Waals surface area contributed by atoms with E-state index in [2.05, 4.69) is 19.8 Å². The Morgan fingerprint density at radius 2 is 1.95 bits per heavy atom. The van der Waals surface area contributed by atoms with Crippen molar-refractivity contribution in [1.29, 1.82) is 0 Å². The van der Waals surface area contributed by atoms with E-state index >= 15 is 0 Å². The summed E-state index contributed by atoms with van der Waals surface area (Å²) in [5, 5.41) is 0. The van der Waals surface area contributed by atoms with Crippen molar-refractivity contribution < 1.29 is 9.47 Å². The number of anilines is 1. The molecule has 1 aromatic heterocycles. The highest BCUT2D eigenvalue weighted by Gasteiger charge is 2.26. The van der Waals surface area contributed by atoms with Crippen LogP contribution < -0.4 is 9.64 Å². The molecule has 0 saturated carbocycles. The number of ether oxygens (including phenoxy) is 2. The third-order valence-electron chi connectivity index (χ3n) is 4.27. The Hall–Kier alpha value is -1.40. The minimum atomic E-state index is 0.633. The van der Waals surface area contributed by atoms with Crippen LogP contribution in [0.5, 0.6) is 5.88 Å². The second kappa shape index (κ2) is 7.04. The van der Waals surface area contributed by atoms with Crippen molar-refractivity contribution >= 4 is 5.82 Å². The molecule has 0 aromatic carbocycles. The molecule has 0 radical (unpaired) electrons. The Morgan fingerprint density at radius 1 is 1.19 bits per heavy atom. The van der Waals surface area contributed by atoms with Gasteiger partial charge in [-0.2, -0.15) is 0 Å². The lowest BCUT2D eigenvalue weighted by molar-refractivity contribution is 0.0321. The van der Waals surface area contributed by atoms with E-state index in [4.69, 9.17) is 9.47 Å². The topological polar surface area (TPSA) is 50.7 Å². The molecule has 3 heterocycles. The van der Waals surface area contributed by atoms with Crippen LogP contribution in [0, 0.1) is 0 Å². The van der Waals surface area contributed by atoms with Crippen molar-refractivity contribution in [2.45, 2.75) is 25.8 Å². The molecular formula is C15H24N4O2. The van der Waals surface area contributed by atoms with Crippen LogP contribution in [-0.2, 0) is 4.74 Å². The number of rotatable bonds is 4. The van der Waals surface area contributed by atoms with Gasteiger partial charge < -0.3 is 14.4 Å². The lowest BCUT2D eigenvalue weighted by Gasteiger charge is -2.41. The fraction of sp³-hybridized carbons (Fsp3) is 0.733. The molecule has 0 amide bonds. The van der Waals surface area contributed by atoms with Crippen LogP contribution in [0.3, 0.4) is 0 Å². The van der Waals surface area contributed by atoms with Crippen LogP contribution in [-0.4, -0.2) is 66.9 Å². The minimum absolute atomic E-state index is 0.633. The molecule has 21 heavy (non-hydrogen) atoms. The summed E-state index contributed by atoms with van der Waals surface area (Å²) >= 11 is 0. The summed E-state index contributed by atoms with van der Waals surface area (Å²) in [5.74, 6) is 1.63. The summed E-state index contributed by atoms with van der Waals surface area (Å²) in [5.41, 5.74) is 0. The van der Waals surface area contributed by atoms with E-state index in [0.29, 0.717) is 18.5 Å². The molecule has 6 nitrogen and oxygen atoms in total. The zero-order valence-electron chi connectivity index (χ0n) is 12.7. The largest absolute Gasteiger partial charge is 0.478 e. The van der Waals surface area contributed by atoms with Gasteiger partial charge in [0.15, 0.2) is 0 Å². The van der Waals surface area contributed by atoms with Gasteiger partial charge >= 0.3 is 0 Å². The number of aromatic nitrogens is 2. The Kier molecular flexibility index (Phi) is 4.87. The predicted octanol–water partition coefficient (Wildman–Crippen LogP) is 1.18. The Labute approximate surface area is 126 Å². The molecule has 0 N–H and O–H groups in total. The van der Waals surface area contributed by atoms with Crippen molar-refractivity contribution in [2.75, 3.05) is 50.9 Å². The van der Waals surface area contributed by atoms with Gasteiger partial charge in [-0.1, -0.05) is 0 Å². The maximum absolute atomic E-state index is 5.45. The molecule has 2 aliphatic heterocycles. The Morgan fingerprint density at radius 3 is 2.67 bits per heavy atom. The quantitative estimate of drug-likeness (QED) is 0.830. The van der Waals surface area contributed by atoms with Gasteiger partial charge in [0.05, 0.1) is 6.61 Å². The van der Waals surface area contributed by atoms with Gasteiger partial charge in [0.2, 0.25) is 5.88 Å². The fourth-order valence-corrected chi connectivity index (χ4v) is 3.10. The highest BCUT2D eigenvalue weighted by molar-refractivity contribution is 5.41. The van der Waals surface area contributed by atoms with Gasteiger partial charge in [-0.25, -0.2) is 9.97 Å². The van der Waals surface area contributed by atoms with Crippen molar-refractivity contribution in [2.24, 2.45) is 0 Å². The first kappa shape index (κ1) is 14.5. The lowest BCUT2D eigenvalue weighted by atomic mass is 10.1. The second-order valence-electron chi connectivity index (χ2n) is 5.51. The molecular weight excluding hydrogens is 268 g/mol. The molecule has 0 bridgehead atoms. The molecule has 2 fully saturated rings. The first-order valence-electron chi connectivity index (χ1n) is 7.88. The van der Waals surface area contributed by atoms with E-state index in [1.807, 2.05) is 13.0 Å². The van der Waals surface area contributed by atoms with E-state index in [1.165, 1.54) is 12.8 Å². The summed E-state index contributed by atoms with van der Waals surface area (Å²) in [7, 11) is 0. The minimum Gasteiger partial charge on any atom is -0.478 e. The van der Waals surface area contributed by atoms with E-state index < -0.39 is 0 Å². The van der Waals surface area contributed by atoms with Crippen molar-refractivity contribution in [3.05, 3.63) is 12.4 Å². The maximum Gasteiger partial charge on any atom is 0.218 e. The monoisotopic (exact) mass is 292 g/mol. The van der Waals surface area contributed by atoms with Gasteiger partial charge in [-0.3, -0.25) is 4.90 Å². The smallest absolute Gasteiger partial charge is 0.218 e. The number of hydrogen-bond acceptors (Lipinski definition) is 6. The zero-order chi connectivity index (χ0) is 14.5. The van der Waals surface area contributed by atoms with Crippen LogP contribution in [0.15, 0.2) is 12.4 Å². The molecule has 0 atom stereocenters. The molecule has 6 heteroatoms. The highest BCUT2D eigenvalue weighted by atomic mass is 16.5. The van der Waals surface area contributed by atoms with Gasteiger partial charge in [-0.15, -0.1) is 0 Å². The summed E-state index contributed by atoms with van der Waals surface area (Å²) in [6.07, 6.45) is 3.93. The molecule has 1 aromatic rings. The summed E-state index contributed by atoms with van der Waals surface area (Å²) in [6, 6.07) is 2.64. The fourth-order valence-electron chi connectivity index (χ4n) is 3.10. The second-order valence-corrected chi connectivity index (χ2v) is 5.51. The third kappa shape index (κ3) is 3.63. The van der Waals surface area contributed by atoms with E-state index in [9.17, 15) is 0 Å². The van der Waals surface area contributed by atoms with Crippen molar-refractivity contribution in [3.8, 4) is 5.88 Å². The molecule has 0 aliphatic carbocycles. The molecule has 0 spiro atoms. The lowest BCUT2D eigenvalue weighted by Crippen LogP contribution is -2.51. The van der Waals surface area contributed by atoms with Gasteiger partial charge in [0.1, 0.15) is 12.1 Å². The SMILES string of the molecule is CCOc1cc(N2CCN(C3CCOCC3)CC2)ncn1. The van der Waals surface area contributed by atoms with Gasteiger partial charge in [-0.05, 0) is 19.8 Å². The standard InChI is InChI=1S/C15H24N4O2/c1-2-21-15-11-14(16-12-17-15)19-7-5-18(6-8-19)13-3-9-20-10-4-13/h11-13H,2-10H2,1H3. The van der Waals surface area contributed by atoms with Crippen LogP contribution >= 0.6 is 0 Å². The Bertz CT molecular complexity index is 443. The average Bonchev–Trinajstić information content (AvgIpc) is 2.56. The van der Waals surface area contributed by atoms with Crippen LogP contribution in [0.25, 0.3) is 0 Å². The third-order valence-corrected chi connectivity index (χ3v) is 4.27. The van der Waals surface area contributed by atoms with Gasteiger partial charge in [0, 0.05) is 51.5 Å². The van der Waals surface area contributed by atoms with Crippen LogP contribution in [0.1, 0.15) is 19.8 Å². The van der Waals surface area contributed by atoms with Crippen LogP contribution in [0.2, 0.25) is 0 Å². The number of piperazine rings is 1. The predicted molar refractivity (Wildman–Crippen MR) is 80.8 cm³/mol. The normalized spacial score (nSPS) is 21.5. The number of hydrogen-bond donors (Lipinski definition) is 0. The number of nitrogens with zero attached hydrogens (tertiary/aromatic N) is 4. The molecule has 116 valence electrons.